The molecule has 0 aliphatic heterocycles. The first-order valence-electron chi connectivity index (χ1n) is 16.0. The van der Waals surface area contributed by atoms with E-state index in [1.807, 2.05) is 52.1 Å². The Morgan fingerprint density at radius 2 is 1.50 bits per heavy atom. The average molecular weight is 788 g/mol. The Hall–Kier alpha value is -4.25. The van der Waals surface area contributed by atoms with Gasteiger partial charge in [0.05, 0.1) is 11.3 Å². The molecule has 1 radical (unpaired) electrons. The van der Waals surface area contributed by atoms with Gasteiger partial charge in [0.2, 0.25) is 0 Å². The van der Waals surface area contributed by atoms with E-state index in [9.17, 15) is 9.90 Å². The van der Waals surface area contributed by atoms with Gasteiger partial charge in [-0.2, -0.15) is 0 Å². The Balaban J connectivity index is 0.000000225. The molecular formula is C40H39IrN2O3-. The van der Waals surface area contributed by atoms with Crippen LogP contribution in [0.1, 0.15) is 53.4 Å². The maximum atomic E-state index is 11.7. The second-order valence-electron chi connectivity index (χ2n) is 11.6. The monoisotopic (exact) mass is 788 g/mol. The Kier molecular flexibility index (Phi) is 10.4. The van der Waals surface area contributed by atoms with Crippen molar-refractivity contribution in [2.24, 2.45) is 11.8 Å². The molecule has 0 atom stereocenters. The minimum atomic E-state index is 0. The summed E-state index contributed by atoms with van der Waals surface area (Å²) in [4.78, 5) is 16.5. The van der Waals surface area contributed by atoms with Crippen molar-refractivity contribution in [2.45, 2.75) is 53.4 Å². The molecule has 0 saturated heterocycles. The van der Waals surface area contributed by atoms with Crippen molar-refractivity contribution >= 4 is 60.4 Å². The number of nitrogens with zero attached hydrogens (tertiary/aromatic N) is 2. The molecule has 0 bridgehead atoms. The summed E-state index contributed by atoms with van der Waals surface area (Å²) >= 11 is 0. The van der Waals surface area contributed by atoms with Gasteiger partial charge in [-0.25, -0.2) is 0 Å². The first-order valence-corrected chi connectivity index (χ1v) is 16.0. The van der Waals surface area contributed by atoms with Crippen LogP contribution in [0, 0.1) is 17.9 Å². The topological polar surface area (TPSA) is 68.3 Å². The number of ketones is 1. The van der Waals surface area contributed by atoms with Crippen LogP contribution in [0.4, 0.5) is 0 Å². The Morgan fingerprint density at radius 3 is 2.22 bits per heavy atom. The van der Waals surface area contributed by atoms with Gasteiger partial charge in [-0.3, -0.25) is 9.78 Å². The molecule has 0 saturated carbocycles. The van der Waals surface area contributed by atoms with E-state index >= 15 is 0 Å². The normalized spacial score (nSPS) is 11.9. The fourth-order valence-electron chi connectivity index (χ4n) is 6.40. The molecule has 1 N–H and O–H groups in total. The molecule has 4 aromatic carbocycles. The molecule has 46 heavy (non-hydrogen) atoms. The molecule has 7 aromatic rings. The van der Waals surface area contributed by atoms with E-state index < -0.39 is 0 Å². The second kappa shape index (κ2) is 14.5. The third-order valence-electron chi connectivity index (χ3n) is 8.97. The Bertz CT molecular complexity index is 2150. The number of aliphatic hydroxyl groups is 1. The number of carbonyl (C=O) groups excluding carboxylic acids is 1. The quantitative estimate of drug-likeness (QED) is 0.0946. The Morgan fingerprint density at radius 1 is 0.826 bits per heavy atom. The zero-order valence-corrected chi connectivity index (χ0v) is 29.1. The molecule has 7 rings (SSSR count). The van der Waals surface area contributed by atoms with Crippen LogP contribution in [0.5, 0.6) is 0 Å². The van der Waals surface area contributed by atoms with Gasteiger partial charge in [-0.15, -0.1) is 17.5 Å². The third-order valence-corrected chi connectivity index (χ3v) is 8.97. The Labute approximate surface area is 283 Å². The SMILES string of the molecule is CCC(CC)C(=O)/C=C(\O)C(CC)CC.[Ir].[c-]1c2ccccc2cc2c1c1nccc3oc4cccc(c4c31)n2-c1ccccc1. The van der Waals surface area contributed by atoms with E-state index in [4.69, 9.17) is 9.40 Å². The summed E-state index contributed by atoms with van der Waals surface area (Å²) in [5.41, 5.74) is 5.90. The number of hydrogen-bond donors (Lipinski definition) is 1. The number of allylic oxidation sites excluding steroid dienone is 2. The molecule has 3 aromatic heterocycles. The second-order valence-corrected chi connectivity index (χ2v) is 11.6. The molecular weight excluding hydrogens is 749 g/mol. The average Bonchev–Trinajstić information content (AvgIpc) is 3.41. The van der Waals surface area contributed by atoms with E-state index in [1.54, 1.807) is 0 Å². The number of hydrogen-bond acceptors (Lipinski definition) is 4. The van der Waals surface area contributed by atoms with Gasteiger partial charge in [0, 0.05) is 66.2 Å². The minimum absolute atomic E-state index is 0. The van der Waals surface area contributed by atoms with Crippen molar-refractivity contribution < 1.29 is 34.4 Å². The molecule has 3 heterocycles. The minimum Gasteiger partial charge on any atom is -0.512 e. The van der Waals surface area contributed by atoms with Crippen molar-refractivity contribution in [3.8, 4) is 5.69 Å². The number of pyridine rings is 1. The number of furan rings is 1. The van der Waals surface area contributed by atoms with Crippen LogP contribution in [0.2, 0.25) is 0 Å². The summed E-state index contributed by atoms with van der Waals surface area (Å²) in [6.45, 7) is 8.07. The van der Waals surface area contributed by atoms with Gasteiger partial charge in [0.1, 0.15) is 11.2 Å². The molecule has 237 valence electrons. The summed E-state index contributed by atoms with van der Waals surface area (Å²) in [6.07, 6.45) is 6.73. The van der Waals surface area contributed by atoms with E-state index in [0.717, 1.165) is 86.0 Å². The molecule has 0 aliphatic carbocycles. The molecule has 6 heteroatoms. The van der Waals surface area contributed by atoms with Gasteiger partial charge in [-0.1, -0.05) is 87.0 Å². The predicted molar refractivity (Wildman–Crippen MR) is 186 cm³/mol. The molecule has 5 nitrogen and oxygen atoms in total. The molecule has 0 unspecified atom stereocenters. The molecule has 0 amide bonds. The predicted octanol–water partition coefficient (Wildman–Crippen LogP) is 10.9. The molecule has 0 fully saturated rings. The summed E-state index contributed by atoms with van der Waals surface area (Å²) in [6, 6.07) is 32.9. The van der Waals surface area contributed by atoms with Crippen LogP contribution >= 0.6 is 0 Å². The smallest absolute Gasteiger partial charge is 0.162 e. The fourth-order valence-corrected chi connectivity index (χ4v) is 6.40. The molecule has 0 aliphatic rings. The van der Waals surface area contributed by atoms with Gasteiger partial charge in [0.15, 0.2) is 5.78 Å². The van der Waals surface area contributed by atoms with E-state index in [1.165, 1.54) is 6.08 Å². The number of aliphatic hydroxyl groups excluding tert-OH is 1. The van der Waals surface area contributed by atoms with Crippen LogP contribution in [0.3, 0.4) is 0 Å². The van der Waals surface area contributed by atoms with Crippen LogP contribution in [-0.4, -0.2) is 20.4 Å². The summed E-state index contributed by atoms with van der Waals surface area (Å²) in [5.74, 6) is 0.547. The maximum Gasteiger partial charge on any atom is 0.162 e. The van der Waals surface area contributed by atoms with E-state index in [-0.39, 0.29) is 43.5 Å². The van der Waals surface area contributed by atoms with E-state index in [2.05, 4.69) is 77.4 Å². The number of benzene rings is 4. The third kappa shape index (κ3) is 6.12. The van der Waals surface area contributed by atoms with Crippen molar-refractivity contribution in [3.05, 3.63) is 109 Å². The van der Waals surface area contributed by atoms with Crippen molar-refractivity contribution in [1.82, 2.24) is 9.55 Å². The first kappa shape index (κ1) is 33.1. The zero-order valence-electron chi connectivity index (χ0n) is 26.7. The number of fused-ring (bicyclic) bond motifs is 3. The number of para-hydroxylation sites is 1. The maximum absolute atomic E-state index is 11.7. The van der Waals surface area contributed by atoms with Crippen molar-refractivity contribution in [1.29, 1.82) is 0 Å². The van der Waals surface area contributed by atoms with Gasteiger partial charge in [0.25, 0.3) is 0 Å². The van der Waals surface area contributed by atoms with Crippen LogP contribution < -0.4 is 0 Å². The summed E-state index contributed by atoms with van der Waals surface area (Å²) < 4.78 is 8.52. The van der Waals surface area contributed by atoms with Crippen LogP contribution in [0.15, 0.2) is 107 Å². The van der Waals surface area contributed by atoms with E-state index in [0.29, 0.717) is 0 Å². The fraction of sp³-hybridized carbons (Fsp3) is 0.250. The van der Waals surface area contributed by atoms with Gasteiger partial charge >= 0.3 is 0 Å². The number of rotatable bonds is 8. The molecule has 0 spiro atoms. The first-order chi connectivity index (χ1) is 22.0. The van der Waals surface area contributed by atoms with Crippen molar-refractivity contribution in [3.63, 3.8) is 0 Å². The summed E-state index contributed by atoms with van der Waals surface area (Å²) in [5, 5.41) is 15.1. The number of carbonyl (C=O) groups is 1. The largest absolute Gasteiger partial charge is 0.512 e. The number of aromatic nitrogens is 2. The zero-order chi connectivity index (χ0) is 31.5. The van der Waals surface area contributed by atoms with Crippen molar-refractivity contribution in [2.75, 3.05) is 0 Å². The van der Waals surface area contributed by atoms with Gasteiger partial charge in [-0.05, 0) is 61.5 Å². The summed E-state index contributed by atoms with van der Waals surface area (Å²) in [7, 11) is 0. The van der Waals surface area contributed by atoms with Crippen LogP contribution in [0.25, 0.3) is 60.3 Å². The van der Waals surface area contributed by atoms with Crippen LogP contribution in [-0.2, 0) is 24.9 Å². The standard InChI is InChI=1S/C27H15N2O.C13H24O2.Ir/c1-2-9-19(10-3-1)29-21-11-6-12-23-25(21)26-24(30-23)13-14-28-27(26)20-15-17-7-4-5-8-18(17)16-22(20)29;1-5-10(6-2)12(14)9-13(15)11(7-3)8-4;/h1-14,16H;9-11,14H,5-8H2,1-4H3;/q-1;;/b;12-9-;. The van der Waals surface area contributed by atoms with Gasteiger partial charge < -0.3 is 14.1 Å².